The number of aromatic nitrogens is 2. The van der Waals surface area contributed by atoms with Gasteiger partial charge in [-0.25, -0.2) is 0 Å². The number of thiophene rings is 1. The predicted molar refractivity (Wildman–Crippen MR) is 93.7 cm³/mol. The lowest BCUT2D eigenvalue weighted by molar-refractivity contribution is -0.117. The molecule has 0 amide bonds. The van der Waals surface area contributed by atoms with Crippen molar-refractivity contribution in [3.05, 3.63) is 26.9 Å². The molecule has 2 aromatic rings. The minimum atomic E-state index is -0.800. The molecular formula is C14H15BrN2O4S2. The van der Waals surface area contributed by atoms with E-state index in [4.69, 9.17) is 14.2 Å². The summed E-state index contributed by atoms with van der Waals surface area (Å²) in [4.78, 5) is 21.4. The van der Waals surface area contributed by atoms with Crippen molar-refractivity contribution < 1.29 is 19.0 Å². The van der Waals surface area contributed by atoms with Crippen molar-refractivity contribution in [1.29, 1.82) is 0 Å². The Bertz CT molecular complexity index is 658. The molecule has 0 radical (unpaired) electrons. The molecule has 0 saturated heterocycles. The topological polar surface area (TPSA) is 70.5 Å². The van der Waals surface area contributed by atoms with Gasteiger partial charge in [0.1, 0.15) is 0 Å². The minimum absolute atomic E-state index is 0.0246. The molecule has 2 rings (SSSR count). The van der Waals surface area contributed by atoms with Crippen LogP contribution in [-0.2, 0) is 4.79 Å². The Morgan fingerprint density at radius 2 is 2.00 bits per heavy atom. The number of hydrogen-bond donors (Lipinski definition) is 0. The van der Waals surface area contributed by atoms with Crippen molar-refractivity contribution in [3.8, 4) is 17.8 Å². The fourth-order valence-corrected chi connectivity index (χ4v) is 3.95. The first-order valence-corrected chi connectivity index (χ1v) is 9.28. The second-order valence-corrected chi connectivity index (χ2v) is 7.19. The molecule has 1 atom stereocenters. The van der Waals surface area contributed by atoms with E-state index in [1.54, 1.807) is 0 Å². The third-order valence-electron chi connectivity index (χ3n) is 2.68. The van der Waals surface area contributed by atoms with Gasteiger partial charge >= 0.3 is 6.01 Å². The summed E-state index contributed by atoms with van der Waals surface area (Å²) in [5.41, 5.74) is 0. The maximum Gasteiger partial charge on any atom is 0.324 e. The number of ether oxygens (including phenoxy) is 3. The van der Waals surface area contributed by atoms with Crippen molar-refractivity contribution in [3.63, 3.8) is 0 Å². The van der Waals surface area contributed by atoms with E-state index in [1.165, 1.54) is 43.4 Å². The van der Waals surface area contributed by atoms with Crippen LogP contribution in [0.4, 0.5) is 0 Å². The van der Waals surface area contributed by atoms with Gasteiger partial charge in [-0.15, -0.1) is 11.3 Å². The van der Waals surface area contributed by atoms with Gasteiger partial charge in [-0.2, -0.15) is 9.97 Å². The van der Waals surface area contributed by atoms with Gasteiger partial charge < -0.3 is 14.2 Å². The number of carbonyl (C=O) groups is 1. The molecule has 0 aliphatic heterocycles. The monoisotopic (exact) mass is 418 g/mol. The molecule has 6 nitrogen and oxygen atoms in total. The van der Waals surface area contributed by atoms with E-state index in [2.05, 4.69) is 25.9 Å². The van der Waals surface area contributed by atoms with Crippen LogP contribution in [0.25, 0.3) is 0 Å². The molecule has 0 fully saturated rings. The molecule has 1 unspecified atom stereocenters. The fraction of sp³-hybridized carbons (Fsp3) is 0.357. The van der Waals surface area contributed by atoms with Gasteiger partial charge in [-0.1, -0.05) is 18.7 Å². The van der Waals surface area contributed by atoms with E-state index in [9.17, 15) is 4.79 Å². The van der Waals surface area contributed by atoms with Crippen LogP contribution in [0.3, 0.4) is 0 Å². The first kappa shape index (κ1) is 18.0. The van der Waals surface area contributed by atoms with Crippen LogP contribution in [-0.4, -0.2) is 35.1 Å². The van der Waals surface area contributed by atoms with Crippen LogP contribution in [0.15, 0.2) is 22.0 Å². The molecule has 124 valence electrons. The summed E-state index contributed by atoms with van der Waals surface area (Å²) >= 11 is 6.05. The second-order valence-electron chi connectivity index (χ2n) is 4.12. The first-order chi connectivity index (χ1) is 11.1. The number of rotatable bonds is 7. The van der Waals surface area contributed by atoms with E-state index in [0.717, 1.165) is 9.35 Å². The van der Waals surface area contributed by atoms with Crippen LogP contribution in [0.2, 0.25) is 0 Å². The van der Waals surface area contributed by atoms with Crippen LogP contribution < -0.4 is 14.2 Å². The van der Waals surface area contributed by atoms with Crippen molar-refractivity contribution in [1.82, 2.24) is 9.97 Å². The standard InChI is InChI=1S/C14H15BrN2O4S2/c1-4-22-13(18)11(12-8(15)5-6-23-12)21-14-16-9(19-2)7-10(17-14)20-3/h5-7,11H,4H2,1-3H3. The third kappa shape index (κ3) is 4.58. The van der Waals surface area contributed by atoms with Gasteiger partial charge in [-0.3, -0.25) is 4.79 Å². The lowest BCUT2D eigenvalue weighted by atomic mass is 10.3. The molecule has 0 bridgehead atoms. The van der Waals surface area contributed by atoms with Crippen LogP contribution >= 0.6 is 39.0 Å². The number of thioether (sulfide) groups is 1. The quantitative estimate of drug-likeness (QED) is 0.678. The fourth-order valence-electron chi connectivity index (χ4n) is 1.67. The highest BCUT2D eigenvalue weighted by atomic mass is 79.9. The van der Waals surface area contributed by atoms with Crippen molar-refractivity contribution in [2.24, 2.45) is 0 Å². The van der Waals surface area contributed by atoms with E-state index >= 15 is 0 Å². The number of carbonyl (C=O) groups excluding carboxylic acids is 1. The van der Waals surface area contributed by atoms with Crippen LogP contribution in [0.1, 0.15) is 17.9 Å². The van der Waals surface area contributed by atoms with Gasteiger partial charge in [0.05, 0.1) is 25.2 Å². The van der Waals surface area contributed by atoms with Gasteiger partial charge in [-0.05, 0) is 33.1 Å². The van der Waals surface area contributed by atoms with Gasteiger partial charge in [0, 0.05) is 4.47 Å². The maximum absolute atomic E-state index is 12.4. The molecular weight excluding hydrogens is 404 g/mol. The summed E-state index contributed by atoms with van der Waals surface area (Å²) in [5.74, 6) is 1.25. The van der Waals surface area contributed by atoms with Crippen LogP contribution in [0.5, 0.6) is 17.8 Å². The average molecular weight is 419 g/mol. The zero-order valence-electron chi connectivity index (χ0n) is 12.7. The van der Waals surface area contributed by atoms with Crippen LogP contribution in [0, 0.1) is 0 Å². The summed E-state index contributed by atoms with van der Waals surface area (Å²) in [6.45, 7) is 1.91. The molecule has 0 aromatic carbocycles. The Labute approximate surface area is 150 Å². The zero-order chi connectivity index (χ0) is 16.8. The Balaban J connectivity index is 2.34. The number of methoxy groups -OCH3 is 2. The molecule has 2 heterocycles. The Hall–Kier alpha value is -1.32. The summed E-state index contributed by atoms with van der Waals surface area (Å²) in [6.07, 6.45) is -0.800. The molecule has 23 heavy (non-hydrogen) atoms. The van der Waals surface area contributed by atoms with Gasteiger partial charge in [0.15, 0.2) is 0 Å². The SMILES string of the molecule is CCSC(=O)C(Oc1nc(OC)cc(OC)n1)c1sccc1Br. The van der Waals surface area contributed by atoms with Gasteiger partial charge in [0.25, 0.3) is 0 Å². The lowest BCUT2D eigenvalue weighted by Crippen LogP contribution is -2.17. The average Bonchev–Trinajstić information content (AvgIpc) is 2.98. The van der Waals surface area contributed by atoms with E-state index < -0.39 is 6.10 Å². The highest BCUT2D eigenvalue weighted by Crippen LogP contribution is 2.35. The molecule has 0 aliphatic rings. The Morgan fingerprint density at radius 1 is 1.35 bits per heavy atom. The summed E-state index contributed by atoms with van der Waals surface area (Å²) in [6, 6.07) is 3.43. The zero-order valence-corrected chi connectivity index (χ0v) is 16.0. The summed E-state index contributed by atoms with van der Waals surface area (Å²) < 4.78 is 16.8. The van der Waals surface area contributed by atoms with Crippen molar-refractivity contribution in [2.75, 3.05) is 20.0 Å². The van der Waals surface area contributed by atoms with E-state index in [0.29, 0.717) is 17.5 Å². The molecule has 2 aromatic heterocycles. The van der Waals surface area contributed by atoms with E-state index in [1.807, 2.05) is 18.4 Å². The first-order valence-electron chi connectivity index (χ1n) is 6.62. The summed E-state index contributed by atoms with van der Waals surface area (Å²) in [7, 11) is 2.97. The minimum Gasteiger partial charge on any atom is -0.481 e. The summed E-state index contributed by atoms with van der Waals surface area (Å²) in [5, 5.41) is 1.77. The van der Waals surface area contributed by atoms with Gasteiger partial charge in [0.2, 0.25) is 23.0 Å². The molecule has 0 saturated carbocycles. The highest BCUT2D eigenvalue weighted by molar-refractivity contribution is 9.10. The normalized spacial score (nSPS) is 11.8. The largest absolute Gasteiger partial charge is 0.481 e. The molecule has 9 heteroatoms. The molecule has 0 N–H and O–H groups in total. The Morgan fingerprint density at radius 3 is 2.48 bits per heavy atom. The predicted octanol–water partition coefficient (Wildman–Crippen LogP) is 3.72. The Kier molecular flexibility index (Phi) is 6.67. The second kappa shape index (κ2) is 8.51. The lowest BCUT2D eigenvalue weighted by Gasteiger charge is -2.16. The third-order valence-corrected chi connectivity index (χ3v) is 5.39. The number of halogens is 1. The highest BCUT2D eigenvalue weighted by Gasteiger charge is 2.27. The number of hydrogen-bond acceptors (Lipinski definition) is 8. The van der Waals surface area contributed by atoms with E-state index in [-0.39, 0.29) is 11.1 Å². The van der Waals surface area contributed by atoms with Crippen molar-refractivity contribution in [2.45, 2.75) is 13.0 Å². The maximum atomic E-state index is 12.4. The molecule has 0 spiro atoms. The van der Waals surface area contributed by atoms with Crippen molar-refractivity contribution >= 4 is 44.1 Å². The number of nitrogens with zero attached hydrogens (tertiary/aromatic N) is 2. The smallest absolute Gasteiger partial charge is 0.324 e. The molecule has 0 aliphatic carbocycles.